The highest BCUT2D eigenvalue weighted by Crippen LogP contribution is 2.12. The Balaban J connectivity index is 2.42. The van der Waals surface area contributed by atoms with Crippen LogP contribution in [-0.2, 0) is 9.73 Å². The third kappa shape index (κ3) is 2.01. The lowest BCUT2D eigenvalue weighted by molar-refractivity contribution is 0.679. The molecule has 0 aliphatic carbocycles. The van der Waals surface area contributed by atoms with E-state index in [4.69, 9.17) is 4.78 Å². The fourth-order valence-electron chi connectivity index (χ4n) is 1.14. The van der Waals surface area contributed by atoms with Crippen molar-refractivity contribution in [3.63, 3.8) is 0 Å². The van der Waals surface area contributed by atoms with E-state index in [2.05, 4.69) is 15.5 Å². The molecule has 2 rings (SSSR count). The number of hydrogen-bond acceptors (Lipinski definition) is 5. The molecule has 0 saturated heterocycles. The van der Waals surface area contributed by atoms with Gasteiger partial charge >= 0.3 is 0 Å². The molecule has 0 amide bonds. The fourth-order valence-corrected chi connectivity index (χ4v) is 1.79. The standard InChI is InChI=1S/C8H9N5OS/c1-15(9,14)8-4-2-7(3-5-8)13-6-10-11-12-13/h2-6,9H,1H3/t15-/m0/s1. The number of hydrogen-bond donors (Lipinski definition) is 1. The SMILES string of the molecule is C[S@](=N)(=O)c1ccc(-n2cnnn2)cc1. The van der Waals surface area contributed by atoms with Crippen LogP contribution in [0.15, 0.2) is 35.5 Å². The molecule has 7 heteroatoms. The molecule has 1 N–H and O–H groups in total. The Hall–Kier alpha value is -1.76. The predicted molar refractivity (Wildman–Crippen MR) is 54.2 cm³/mol. The van der Waals surface area contributed by atoms with Gasteiger partial charge in [-0.2, -0.15) is 0 Å². The maximum absolute atomic E-state index is 11.4. The summed E-state index contributed by atoms with van der Waals surface area (Å²) in [7, 11) is -2.65. The van der Waals surface area contributed by atoms with E-state index in [0.29, 0.717) is 4.90 Å². The van der Waals surface area contributed by atoms with E-state index in [0.717, 1.165) is 5.69 Å². The molecule has 1 aromatic heterocycles. The molecule has 1 aromatic carbocycles. The van der Waals surface area contributed by atoms with Crippen molar-refractivity contribution < 1.29 is 4.21 Å². The van der Waals surface area contributed by atoms with E-state index in [1.165, 1.54) is 17.3 Å². The zero-order chi connectivity index (χ0) is 10.9. The number of tetrazole rings is 1. The number of aromatic nitrogens is 4. The van der Waals surface area contributed by atoms with Crippen LogP contribution in [0.25, 0.3) is 5.69 Å². The quantitative estimate of drug-likeness (QED) is 0.812. The first-order chi connectivity index (χ1) is 7.07. The first kappa shape index (κ1) is 9.78. The molecular weight excluding hydrogens is 214 g/mol. The second kappa shape index (κ2) is 3.43. The Morgan fingerprint density at radius 3 is 2.47 bits per heavy atom. The van der Waals surface area contributed by atoms with Gasteiger partial charge < -0.3 is 0 Å². The average Bonchev–Trinajstić information content (AvgIpc) is 2.69. The van der Waals surface area contributed by atoms with Crippen molar-refractivity contribution in [3.05, 3.63) is 30.6 Å². The van der Waals surface area contributed by atoms with Crippen molar-refractivity contribution in [3.8, 4) is 5.69 Å². The predicted octanol–water partition coefficient (Wildman–Crippen LogP) is 0.698. The zero-order valence-corrected chi connectivity index (χ0v) is 8.81. The summed E-state index contributed by atoms with van der Waals surface area (Å²) in [5.41, 5.74) is 0.771. The van der Waals surface area contributed by atoms with E-state index in [1.54, 1.807) is 24.3 Å². The Labute approximate surface area is 86.9 Å². The smallest absolute Gasteiger partial charge is 0.143 e. The lowest BCUT2D eigenvalue weighted by Gasteiger charge is -2.02. The van der Waals surface area contributed by atoms with Crippen LogP contribution >= 0.6 is 0 Å². The fraction of sp³-hybridized carbons (Fsp3) is 0.125. The van der Waals surface area contributed by atoms with Gasteiger partial charge in [-0.15, -0.1) is 5.10 Å². The minimum absolute atomic E-state index is 0.499. The van der Waals surface area contributed by atoms with Crippen molar-refractivity contribution in [2.45, 2.75) is 4.90 Å². The Bertz CT molecular complexity index is 543. The summed E-state index contributed by atoms with van der Waals surface area (Å²) in [6.07, 6.45) is 2.86. The van der Waals surface area contributed by atoms with Crippen LogP contribution in [0.1, 0.15) is 0 Å². The van der Waals surface area contributed by atoms with Crippen molar-refractivity contribution in [1.29, 1.82) is 4.78 Å². The van der Waals surface area contributed by atoms with Gasteiger partial charge in [0.2, 0.25) is 0 Å². The summed E-state index contributed by atoms with van der Waals surface area (Å²) in [6, 6.07) is 6.74. The number of nitrogens with one attached hydrogen (secondary N) is 1. The molecule has 0 radical (unpaired) electrons. The van der Waals surface area contributed by atoms with Crippen LogP contribution in [0.4, 0.5) is 0 Å². The second-order valence-corrected chi connectivity index (χ2v) is 5.25. The average molecular weight is 223 g/mol. The molecule has 6 nitrogen and oxygen atoms in total. The normalized spacial score (nSPS) is 14.7. The maximum Gasteiger partial charge on any atom is 0.143 e. The van der Waals surface area contributed by atoms with E-state index in [9.17, 15) is 4.21 Å². The van der Waals surface area contributed by atoms with Crippen molar-refractivity contribution in [1.82, 2.24) is 20.2 Å². The highest BCUT2D eigenvalue weighted by Gasteiger charge is 2.03. The van der Waals surface area contributed by atoms with Gasteiger partial charge in [-0.25, -0.2) is 13.7 Å². The van der Waals surface area contributed by atoms with Gasteiger partial charge in [-0.05, 0) is 34.7 Å². The van der Waals surface area contributed by atoms with Crippen LogP contribution in [0.3, 0.4) is 0 Å². The van der Waals surface area contributed by atoms with E-state index >= 15 is 0 Å². The van der Waals surface area contributed by atoms with E-state index in [-0.39, 0.29) is 0 Å². The van der Waals surface area contributed by atoms with Crippen LogP contribution < -0.4 is 0 Å². The highest BCUT2D eigenvalue weighted by atomic mass is 32.2. The third-order valence-electron chi connectivity index (χ3n) is 1.90. The van der Waals surface area contributed by atoms with Crippen molar-refractivity contribution in [2.75, 3.05) is 6.26 Å². The largest absolute Gasteiger partial charge is 0.249 e. The maximum atomic E-state index is 11.4. The molecule has 78 valence electrons. The number of benzene rings is 1. The van der Waals surface area contributed by atoms with Gasteiger partial charge in [-0.3, -0.25) is 0 Å². The summed E-state index contributed by atoms with van der Waals surface area (Å²) in [6.45, 7) is 0. The van der Waals surface area contributed by atoms with Gasteiger partial charge in [0.15, 0.2) is 0 Å². The molecular formula is C8H9N5OS. The molecule has 0 spiro atoms. The lowest BCUT2D eigenvalue weighted by atomic mass is 10.3. The Morgan fingerprint density at radius 1 is 1.33 bits per heavy atom. The molecule has 1 heterocycles. The molecule has 1 atom stereocenters. The van der Waals surface area contributed by atoms with Crippen LogP contribution in [-0.4, -0.2) is 30.7 Å². The number of rotatable bonds is 2. The second-order valence-electron chi connectivity index (χ2n) is 3.09. The summed E-state index contributed by atoms with van der Waals surface area (Å²) in [5.74, 6) is 0. The Kier molecular flexibility index (Phi) is 2.24. The molecule has 0 aliphatic heterocycles. The van der Waals surface area contributed by atoms with Crippen LogP contribution in [0, 0.1) is 4.78 Å². The highest BCUT2D eigenvalue weighted by molar-refractivity contribution is 7.91. The molecule has 0 saturated carbocycles. The summed E-state index contributed by atoms with van der Waals surface area (Å²) in [5, 5.41) is 10.7. The van der Waals surface area contributed by atoms with Gasteiger partial charge in [-0.1, -0.05) is 0 Å². The van der Waals surface area contributed by atoms with Gasteiger partial charge in [0.1, 0.15) is 6.33 Å². The van der Waals surface area contributed by atoms with Gasteiger partial charge in [0.25, 0.3) is 0 Å². The lowest BCUT2D eigenvalue weighted by Crippen LogP contribution is -1.98. The number of nitrogens with zero attached hydrogens (tertiary/aromatic N) is 4. The molecule has 0 aliphatic rings. The third-order valence-corrected chi connectivity index (χ3v) is 3.07. The van der Waals surface area contributed by atoms with Crippen molar-refractivity contribution >= 4 is 9.73 Å². The minimum atomic E-state index is -2.65. The van der Waals surface area contributed by atoms with Crippen LogP contribution in [0.5, 0.6) is 0 Å². The first-order valence-electron chi connectivity index (χ1n) is 4.14. The molecule has 0 fully saturated rings. The van der Waals surface area contributed by atoms with Gasteiger partial charge in [0.05, 0.1) is 15.4 Å². The first-order valence-corrected chi connectivity index (χ1v) is 6.11. The molecule has 0 bridgehead atoms. The summed E-state index contributed by atoms with van der Waals surface area (Å²) < 4.78 is 20.3. The molecule has 0 unspecified atom stereocenters. The summed E-state index contributed by atoms with van der Waals surface area (Å²) in [4.78, 5) is 0.499. The van der Waals surface area contributed by atoms with Gasteiger partial charge in [0, 0.05) is 11.2 Å². The van der Waals surface area contributed by atoms with E-state index < -0.39 is 9.73 Å². The zero-order valence-electron chi connectivity index (χ0n) is 7.99. The topological polar surface area (TPSA) is 84.5 Å². The van der Waals surface area contributed by atoms with Crippen molar-refractivity contribution in [2.24, 2.45) is 0 Å². The molecule has 2 aromatic rings. The monoisotopic (exact) mass is 223 g/mol. The minimum Gasteiger partial charge on any atom is -0.249 e. The Morgan fingerprint density at radius 2 is 2.00 bits per heavy atom. The van der Waals surface area contributed by atoms with Crippen LogP contribution in [0.2, 0.25) is 0 Å². The molecule has 15 heavy (non-hydrogen) atoms. The summed E-state index contributed by atoms with van der Waals surface area (Å²) >= 11 is 0. The van der Waals surface area contributed by atoms with E-state index in [1.807, 2.05) is 0 Å².